The molecule has 1 aromatic carbocycles. The van der Waals surface area contributed by atoms with Gasteiger partial charge < -0.3 is 14.5 Å². The molecule has 0 radical (unpaired) electrons. The predicted molar refractivity (Wildman–Crippen MR) is 87.3 cm³/mol. The highest BCUT2D eigenvalue weighted by atomic mass is 16.5. The third kappa shape index (κ3) is 3.15. The molecule has 0 unspecified atom stereocenters. The third-order valence-electron chi connectivity index (χ3n) is 3.36. The van der Waals surface area contributed by atoms with Crippen molar-refractivity contribution in [2.75, 3.05) is 12.4 Å². The summed E-state index contributed by atoms with van der Waals surface area (Å²) in [5.41, 5.74) is 2.51. The van der Waals surface area contributed by atoms with E-state index in [1.807, 2.05) is 19.1 Å². The van der Waals surface area contributed by atoms with Gasteiger partial charge in [-0.3, -0.25) is 4.79 Å². The Hall–Kier alpha value is -2.89. The molecule has 0 aliphatic rings. The first-order valence-corrected chi connectivity index (χ1v) is 7.41. The third-order valence-corrected chi connectivity index (χ3v) is 3.36. The Morgan fingerprint density at radius 3 is 2.96 bits per heavy atom. The van der Waals surface area contributed by atoms with Gasteiger partial charge in [0.2, 0.25) is 11.8 Å². The van der Waals surface area contributed by atoms with Gasteiger partial charge in [-0.1, -0.05) is 6.92 Å². The van der Waals surface area contributed by atoms with Crippen molar-refractivity contribution in [2.24, 2.45) is 0 Å². The summed E-state index contributed by atoms with van der Waals surface area (Å²) in [6, 6.07) is 9.00. The zero-order valence-corrected chi connectivity index (χ0v) is 13.0. The van der Waals surface area contributed by atoms with Crippen LogP contribution in [0.15, 0.2) is 40.9 Å². The van der Waals surface area contributed by atoms with E-state index in [4.69, 9.17) is 9.15 Å². The van der Waals surface area contributed by atoms with E-state index in [9.17, 15) is 4.79 Å². The molecule has 0 spiro atoms. The standard InChI is InChI=1S/C17H17N3O3/c1-3-5-15(21)19-12-10-11(7-8-13(12)22-2)17-20-16-14(23-17)6-4-9-18-16/h4,6-10H,3,5H2,1-2H3,(H,19,21). The number of nitrogens with one attached hydrogen (secondary N) is 1. The number of anilines is 1. The zero-order valence-electron chi connectivity index (χ0n) is 13.0. The normalized spacial score (nSPS) is 10.7. The van der Waals surface area contributed by atoms with Crippen LogP contribution >= 0.6 is 0 Å². The van der Waals surface area contributed by atoms with Gasteiger partial charge in [-0.25, -0.2) is 4.98 Å². The Balaban J connectivity index is 1.97. The number of carbonyl (C=O) groups is 1. The van der Waals surface area contributed by atoms with Gasteiger partial charge in [0.1, 0.15) is 5.75 Å². The average molecular weight is 311 g/mol. The summed E-state index contributed by atoms with van der Waals surface area (Å²) in [5.74, 6) is 0.988. The molecule has 6 nitrogen and oxygen atoms in total. The summed E-state index contributed by atoms with van der Waals surface area (Å²) in [4.78, 5) is 20.4. The number of aromatic nitrogens is 2. The lowest BCUT2D eigenvalue weighted by atomic mass is 10.1. The van der Waals surface area contributed by atoms with Crippen LogP contribution in [0.2, 0.25) is 0 Å². The predicted octanol–water partition coefficient (Wildman–Crippen LogP) is 3.64. The molecule has 0 atom stereocenters. The lowest BCUT2D eigenvalue weighted by Gasteiger charge is -2.10. The molecular formula is C17H17N3O3. The molecule has 6 heteroatoms. The lowest BCUT2D eigenvalue weighted by molar-refractivity contribution is -0.116. The van der Waals surface area contributed by atoms with Crippen LogP contribution in [0.25, 0.3) is 22.7 Å². The van der Waals surface area contributed by atoms with Crippen LogP contribution in [0.5, 0.6) is 5.75 Å². The molecule has 118 valence electrons. The fraction of sp³-hybridized carbons (Fsp3) is 0.235. The maximum atomic E-state index is 11.9. The van der Waals surface area contributed by atoms with Crippen LogP contribution in [-0.2, 0) is 4.79 Å². The van der Waals surface area contributed by atoms with E-state index in [0.29, 0.717) is 35.0 Å². The minimum Gasteiger partial charge on any atom is -0.495 e. The number of rotatable bonds is 5. The molecule has 0 saturated carbocycles. The van der Waals surface area contributed by atoms with Crippen molar-refractivity contribution in [3.8, 4) is 17.2 Å². The monoisotopic (exact) mass is 311 g/mol. The second-order valence-electron chi connectivity index (χ2n) is 5.06. The SMILES string of the molecule is CCCC(=O)Nc1cc(-c2nc3ncccc3o2)ccc1OC. The summed E-state index contributed by atoms with van der Waals surface area (Å²) in [6.07, 6.45) is 2.91. The minimum atomic E-state index is -0.0535. The van der Waals surface area contributed by atoms with Gasteiger partial charge in [-0.2, -0.15) is 4.98 Å². The average Bonchev–Trinajstić information content (AvgIpc) is 2.99. The Kier molecular flexibility index (Phi) is 4.23. The summed E-state index contributed by atoms with van der Waals surface area (Å²) < 4.78 is 11.0. The molecule has 0 aliphatic carbocycles. The summed E-state index contributed by atoms with van der Waals surface area (Å²) in [5, 5.41) is 2.86. The van der Waals surface area contributed by atoms with Crippen LogP contribution < -0.4 is 10.1 Å². The van der Waals surface area contributed by atoms with Crippen molar-refractivity contribution >= 4 is 22.8 Å². The molecular weight excluding hydrogens is 294 g/mol. The molecule has 23 heavy (non-hydrogen) atoms. The fourth-order valence-corrected chi connectivity index (χ4v) is 2.27. The Bertz CT molecular complexity index is 809. The largest absolute Gasteiger partial charge is 0.495 e. The van der Waals surface area contributed by atoms with Crippen molar-refractivity contribution in [3.05, 3.63) is 36.5 Å². The number of ether oxygens (including phenoxy) is 1. The molecule has 1 amide bonds. The van der Waals surface area contributed by atoms with Crippen LogP contribution in [0.4, 0.5) is 5.69 Å². The molecule has 2 aromatic heterocycles. The summed E-state index contributed by atoms with van der Waals surface area (Å²) in [7, 11) is 1.56. The van der Waals surface area contributed by atoms with Gasteiger partial charge in [-0.05, 0) is 36.8 Å². The summed E-state index contributed by atoms with van der Waals surface area (Å²) in [6.45, 7) is 1.96. The number of fused-ring (bicyclic) bond motifs is 1. The first kappa shape index (κ1) is 15.0. The quantitative estimate of drug-likeness (QED) is 0.778. The van der Waals surface area contributed by atoms with E-state index in [2.05, 4.69) is 15.3 Å². The topological polar surface area (TPSA) is 77.3 Å². The fourth-order valence-electron chi connectivity index (χ4n) is 2.27. The molecule has 1 N–H and O–H groups in total. The minimum absolute atomic E-state index is 0.0535. The number of benzene rings is 1. The van der Waals surface area contributed by atoms with Gasteiger partial charge in [-0.15, -0.1) is 0 Å². The van der Waals surface area contributed by atoms with E-state index >= 15 is 0 Å². The second kappa shape index (κ2) is 6.48. The van der Waals surface area contributed by atoms with E-state index in [1.54, 1.807) is 31.5 Å². The number of amides is 1. The number of carbonyl (C=O) groups excluding carboxylic acids is 1. The molecule has 0 fully saturated rings. The van der Waals surface area contributed by atoms with E-state index < -0.39 is 0 Å². The van der Waals surface area contributed by atoms with Crippen molar-refractivity contribution in [3.63, 3.8) is 0 Å². The van der Waals surface area contributed by atoms with Crippen molar-refractivity contribution in [1.29, 1.82) is 0 Å². The number of methoxy groups -OCH3 is 1. The first-order valence-electron chi connectivity index (χ1n) is 7.41. The maximum Gasteiger partial charge on any atom is 0.228 e. The summed E-state index contributed by atoms with van der Waals surface area (Å²) >= 11 is 0. The molecule has 3 rings (SSSR count). The number of pyridine rings is 1. The number of nitrogens with zero attached hydrogens (tertiary/aromatic N) is 2. The number of hydrogen-bond acceptors (Lipinski definition) is 5. The number of hydrogen-bond donors (Lipinski definition) is 1. The van der Waals surface area contributed by atoms with Crippen molar-refractivity contribution in [2.45, 2.75) is 19.8 Å². The Labute approximate surface area is 133 Å². The highest BCUT2D eigenvalue weighted by molar-refractivity contribution is 5.93. The Morgan fingerprint density at radius 1 is 1.35 bits per heavy atom. The lowest BCUT2D eigenvalue weighted by Crippen LogP contribution is -2.11. The van der Waals surface area contributed by atoms with Gasteiger partial charge in [0.25, 0.3) is 0 Å². The van der Waals surface area contributed by atoms with Gasteiger partial charge in [0, 0.05) is 18.2 Å². The molecule has 3 aromatic rings. The van der Waals surface area contributed by atoms with E-state index in [0.717, 1.165) is 12.0 Å². The van der Waals surface area contributed by atoms with E-state index in [-0.39, 0.29) is 5.91 Å². The molecule has 0 aliphatic heterocycles. The van der Waals surface area contributed by atoms with E-state index in [1.165, 1.54) is 0 Å². The Morgan fingerprint density at radius 2 is 2.22 bits per heavy atom. The van der Waals surface area contributed by atoms with Gasteiger partial charge in [0.05, 0.1) is 12.8 Å². The first-order chi connectivity index (χ1) is 11.2. The molecule has 2 heterocycles. The number of oxazole rings is 1. The van der Waals surface area contributed by atoms with Crippen LogP contribution in [0.1, 0.15) is 19.8 Å². The zero-order chi connectivity index (χ0) is 16.2. The van der Waals surface area contributed by atoms with Gasteiger partial charge in [0.15, 0.2) is 11.2 Å². The maximum absolute atomic E-state index is 11.9. The highest BCUT2D eigenvalue weighted by Gasteiger charge is 2.13. The smallest absolute Gasteiger partial charge is 0.228 e. The van der Waals surface area contributed by atoms with Crippen LogP contribution in [-0.4, -0.2) is 23.0 Å². The molecule has 0 saturated heterocycles. The van der Waals surface area contributed by atoms with Crippen molar-refractivity contribution in [1.82, 2.24) is 9.97 Å². The second-order valence-corrected chi connectivity index (χ2v) is 5.06. The van der Waals surface area contributed by atoms with Gasteiger partial charge >= 0.3 is 0 Å². The molecule has 0 bridgehead atoms. The van der Waals surface area contributed by atoms with Crippen LogP contribution in [0, 0.1) is 0 Å². The highest BCUT2D eigenvalue weighted by Crippen LogP contribution is 2.31. The van der Waals surface area contributed by atoms with Crippen molar-refractivity contribution < 1.29 is 13.9 Å². The van der Waals surface area contributed by atoms with Crippen LogP contribution in [0.3, 0.4) is 0 Å².